The third kappa shape index (κ3) is 1.51. The summed E-state index contributed by atoms with van der Waals surface area (Å²) in [5.74, 6) is 0. The molecule has 5 heteroatoms. The molecule has 0 aliphatic heterocycles. The highest BCUT2D eigenvalue weighted by atomic mass is 16.5. The minimum absolute atomic E-state index is 0.118. The molecule has 1 heterocycles. The molecule has 0 spiro atoms. The summed E-state index contributed by atoms with van der Waals surface area (Å²) in [6.45, 7) is 4.45. The number of tetrazole rings is 1. The van der Waals surface area contributed by atoms with Gasteiger partial charge in [-0.15, -0.1) is 15.0 Å². The Kier molecular flexibility index (Phi) is 2.33. The standard InChI is InChI=1S/C5H10N4O/c1-3-10-5(2)9-7-4-6-8-9/h4-5H,3H2,1-2H3. The van der Waals surface area contributed by atoms with Gasteiger partial charge in [-0.25, -0.2) is 0 Å². The molecule has 0 aliphatic rings. The van der Waals surface area contributed by atoms with Gasteiger partial charge in [0.15, 0.2) is 12.6 Å². The number of hydrogen-bond acceptors (Lipinski definition) is 4. The van der Waals surface area contributed by atoms with Crippen molar-refractivity contribution in [3.63, 3.8) is 0 Å². The summed E-state index contributed by atoms with van der Waals surface area (Å²) in [5.41, 5.74) is 0. The van der Waals surface area contributed by atoms with Crippen molar-refractivity contribution in [2.75, 3.05) is 6.61 Å². The van der Waals surface area contributed by atoms with E-state index in [1.807, 2.05) is 13.8 Å². The van der Waals surface area contributed by atoms with Gasteiger partial charge in [0.05, 0.1) is 0 Å². The second kappa shape index (κ2) is 3.26. The van der Waals surface area contributed by atoms with Gasteiger partial charge < -0.3 is 4.74 Å². The minimum Gasteiger partial charge on any atom is -0.355 e. The Bertz CT molecular complexity index is 174. The molecule has 1 aromatic heterocycles. The zero-order valence-electron chi connectivity index (χ0n) is 6.06. The molecule has 1 aromatic rings. The summed E-state index contributed by atoms with van der Waals surface area (Å²) in [7, 11) is 0. The molecular formula is C5H10N4O. The zero-order valence-corrected chi connectivity index (χ0v) is 6.06. The van der Waals surface area contributed by atoms with Crippen LogP contribution in [0.15, 0.2) is 6.33 Å². The minimum atomic E-state index is -0.118. The van der Waals surface area contributed by atoms with Gasteiger partial charge in [-0.3, -0.25) is 0 Å². The Labute approximate surface area is 59.0 Å². The average Bonchev–Trinajstić information content (AvgIpc) is 2.38. The fraction of sp³-hybridized carbons (Fsp3) is 0.800. The predicted molar refractivity (Wildman–Crippen MR) is 34.2 cm³/mol. The molecule has 1 rings (SSSR count). The lowest BCUT2D eigenvalue weighted by molar-refractivity contribution is 0.00470. The van der Waals surface area contributed by atoms with Crippen molar-refractivity contribution < 1.29 is 4.74 Å². The number of hydrogen-bond donors (Lipinski definition) is 0. The molecular weight excluding hydrogens is 132 g/mol. The van der Waals surface area contributed by atoms with Crippen LogP contribution in [0, 0.1) is 0 Å². The van der Waals surface area contributed by atoms with Gasteiger partial charge in [0.1, 0.15) is 0 Å². The topological polar surface area (TPSA) is 52.8 Å². The number of ether oxygens (including phenoxy) is 1. The van der Waals surface area contributed by atoms with Gasteiger partial charge >= 0.3 is 0 Å². The molecule has 0 aliphatic carbocycles. The molecule has 1 unspecified atom stereocenters. The van der Waals surface area contributed by atoms with E-state index in [2.05, 4.69) is 15.4 Å². The van der Waals surface area contributed by atoms with Crippen LogP contribution in [0.3, 0.4) is 0 Å². The molecule has 10 heavy (non-hydrogen) atoms. The third-order valence-electron chi connectivity index (χ3n) is 1.10. The summed E-state index contributed by atoms with van der Waals surface area (Å²) in [4.78, 5) is 1.42. The van der Waals surface area contributed by atoms with Crippen LogP contribution < -0.4 is 0 Å². The Balaban J connectivity index is 2.50. The maximum Gasteiger partial charge on any atom is 0.168 e. The van der Waals surface area contributed by atoms with Crippen LogP contribution in [-0.2, 0) is 4.74 Å². The van der Waals surface area contributed by atoms with E-state index in [9.17, 15) is 0 Å². The SMILES string of the molecule is CCOC(C)n1ncnn1. The van der Waals surface area contributed by atoms with E-state index in [4.69, 9.17) is 4.74 Å². The smallest absolute Gasteiger partial charge is 0.168 e. The molecule has 56 valence electrons. The lowest BCUT2D eigenvalue weighted by atomic mass is 10.7. The highest BCUT2D eigenvalue weighted by Gasteiger charge is 2.03. The van der Waals surface area contributed by atoms with Gasteiger partial charge in [0.2, 0.25) is 0 Å². The summed E-state index contributed by atoms with van der Waals surface area (Å²) in [6.07, 6.45) is 1.27. The van der Waals surface area contributed by atoms with Crippen LogP contribution in [0.4, 0.5) is 0 Å². The van der Waals surface area contributed by atoms with Gasteiger partial charge in [-0.2, -0.15) is 0 Å². The number of rotatable bonds is 3. The Morgan fingerprint density at radius 2 is 2.50 bits per heavy atom. The lowest BCUT2D eigenvalue weighted by Gasteiger charge is -2.07. The molecule has 0 saturated heterocycles. The quantitative estimate of drug-likeness (QED) is 0.606. The van der Waals surface area contributed by atoms with E-state index in [1.54, 1.807) is 0 Å². The van der Waals surface area contributed by atoms with Crippen LogP contribution in [-0.4, -0.2) is 26.8 Å². The molecule has 1 atom stereocenters. The molecule has 0 aromatic carbocycles. The Morgan fingerprint density at radius 3 is 3.00 bits per heavy atom. The summed E-state index contributed by atoms with van der Waals surface area (Å²) >= 11 is 0. The van der Waals surface area contributed by atoms with Crippen molar-refractivity contribution in [3.05, 3.63) is 6.33 Å². The average molecular weight is 142 g/mol. The fourth-order valence-electron chi connectivity index (χ4n) is 0.650. The third-order valence-corrected chi connectivity index (χ3v) is 1.10. The molecule has 5 nitrogen and oxygen atoms in total. The van der Waals surface area contributed by atoms with Crippen LogP contribution in [0.25, 0.3) is 0 Å². The largest absolute Gasteiger partial charge is 0.355 e. The summed E-state index contributed by atoms with van der Waals surface area (Å²) < 4.78 is 5.18. The van der Waals surface area contributed by atoms with E-state index in [0.717, 1.165) is 0 Å². The monoisotopic (exact) mass is 142 g/mol. The molecule has 0 bridgehead atoms. The lowest BCUT2D eigenvalue weighted by Crippen LogP contribution is -2.12. The van der Waals surface area contributed by atoms with Crippen molar-refractivity contribution in [3.8, 4) is 0 Å². The second-order valence-electron chi connectivity index (χ2n) is 1.81. The molecule has 0 N–H and O–H groups in total. The highest BCUT2D eigenvalue weighted by molar-refractivity contribution is 4.42. The van der Waals surface area contributed by atoms with Gasteiger partial charge in [-0.05, 0) is 19.1 Å². The van der Waals surface area contributed by atoms with Crippen LogP contribution in [0.5, 0.6) is 0 Å². The van der Waals surface area contributed by atoms with E-state index < -0.39 is 0 Å². The Hall–Kier alpha value is -0.970. The molecule has 0 saturated carbocycles. The van der Waals surface area contributed by atoms with Gasteiger partial charge in [0, 0.05) is 6.61 Å². The fourth-order valence-corrected chi connectivity index (χ4v) is 0.650. The maximum absolute atomic E-state index is 5.18. The van der Waals surface area contributed by atoms with Crippen LogP contribution in [0.1, 0.15) is 20.1 Å². The summed E-state index contributed by atoms with van der Waals surface area (Å²) in [5, 5.41) is 11.0. The van der Waals surface area contributed by atoms with E-state index in [1.165, 1.54) is 11.1 Å². The first kappa shape index (κ1) is 7.14. The molecule has 0 amide bonds. The van der Waals surface area contributed by atoms with Crippen molar-refractivity contribution in [1.29, 1.82) is 0 Å². The number of aromatic nitrogens is 4. The Morgan fingerprint density at radius 1 is 1.70 bits per heavy atom. The van der Waals surface area contributed by atoms with Gasteiger partial charge in [0.25, 0.3) is 0 Å². The maximum atomic E-state index is 5.18. The number of nitrogens with zero attached hydrogens (tertiary/aromatic N) is 4. The van der Waals surface area contributed by atoms with Crippen molar-refractivity contribution in [2.45, 2.75) is 20.1 Å². The van der Waals surface area contributed by atoms with Crippen LogP contribution in [0.2, 0.25) is 0 Å². The van der Waals surface area contributed by atoms with Gasteiger partial charge in [-0.1, -0.05) is 0 Å². The van der Waals surface area contributed by atoms with Crippen molar-refractivity contribution >= 4 is 0 Å². The first-order valence-corrected chi connectivity index (χ1v) is 3.18. The first-order chi connectivity index (χ1) is 4.84. The van der Waals surface area contributed by atoms with E-state index in [0.29, 0.717) is 6.61 Å². The first-order valence-electron chi connectivity index (χ1n) is 3.18. The normalized spacial score (nSPS) is 13.4. The predicted octanol–water partition coefficient (Wildman–Crippen LogP) is 0.228. The molecule has 0 radical (unpaired) electrons. The summed E-state index contributed by atoms with van der Waals surface area (Å²) in [6, 6.07) is 0. The highest BCUT2D eigenvalue weighted by Crippen LogP contribution is 1.99. The zero-order chi connectivity index (χ0) is 7.40. The van der Waals surface area contributed by atoms with E-state index >= 15 is 0 Å². The van der Waals surface area contributed by atoms with Crippen molar-refractivity contribution in [1.82, 2.24) is 20.2 Å². The molecule has 0 fully saturated rings. The van der Waals surface area contributed by atoms with E-state index in [-0.39, 0.29) is 6.23 Å². The van der Waals surface area contributed by atoms with Crippen LogP contribution >= 0.6 is 0 Å². The van der Waals surface area contributed by atoms with Crippen molar-refractivity contribution in [2.24, 2.45) is 0 Å². The second-order valence-corrected chi connectivity index (χ2v) is 1.81.